The smallest absolute Gasteiger partial charge is 0.410 e. The van der Waals surface area contributed by atoms with Crippen molar-refractivity contribution in [2.24, 2.45) is 5.92 Å². The first-order chi connectivity index (χ1) is 19.4. The standard InChI is InChI=1S/C26H37N7O7/c27-22-18-23(33(13-28-18)25-20(35)19(34)21(40-25)24(36)29-15-4-5-15)31-17(30-22)3-1-2-14-6-9-32(10-7-14)26(37)39-16-8-11-38-12-16/h13-16,19-21,25,34-35H,1-12H2,(H,29,36)(H2,27,30,31)/t16?,19?,20-,21-,25+/m0/s1. The topological polar surface area (TPSA) is 187 Å². The number of fused-ring (bicyclic) bond motifs is 1. The Hall–Kier alpha value is -3.07. The van der Waals surface area contributed by atoms with Crippen molar-refractivity contribution in [3.63, 3.8) is 0 Å². The summed E-state index contributed by atoms with van der Waals surface area (Å²) in [7, 11) is 0. The average Bonchev–Trinajstić information content (AvgIpc) is 3.29. The van der Waals surface area contributed by atoms with Crippen LogP contribution in [-0.4, -0.2) is 103 Å². The summed E-state index contributed by atoms with van der Waals surface area (Å²) in [5.74, 6) is 0.812. The second-order valence-corrected chi connectivity index (χ2v) is 11.3. The number of rotatable bonds is 8. The number of carbonyl (C=O) groups is 2. The van der Waals surface area contributed by atoms with Gasteiger partial charge in [-0.25, -0.2) is 19.7 Å². The summed E-state index contributed by atoms with van der Waals surface area (Å²) in [6.07, 6.45) is 2.88. The molecule has 0 radical (unpaired) electrons. The number of piperidine rings is 1. The Balaban J connectivity index is 1.04. The summed E-state index contributed by atoms with van der Waals surface area (Å²) in [4.78, 5) is 40.0. The quantitative estimate of drug-likeness (QED) is 0.348. The Bertz CT molecular complexity index is 1220. The number of nitrogens with two attached hydrogens (primary N) is 1. The van der Waals surface area contributed by atoms with Crippen LogP contribution in [0.1, 0.15) is 57.0 Å². The van der Waals surface area contributed by atoms with Crippen molar-refractivity contribution >= 4 is 29.0 Å². The number of nitrogens with one attached hydrogen (secondary N) is 1. The molecule has 0 aromatic carbocycles. The third-order valence-electron chi connectivity index (χ3n) is 8.23. The van der Waals surface area contributed by atoms with E-state index in [1.165, 1.54) is 10.9 Å². The number of likely N-dealkylation sites (tertiary alicyclic amines) is 1. The third-order valence-corrected chi connectivity index (χ3v) is 8.23. The second kappa shape index (κ2) is 11.4. The normalized spacial score (nSPS) is 29.2. The lowest BCUT2D eigenvalue weighted by atomic mass is 9.91. The van der Waals surface area contributed by atoms with Gasteiger partial charge in [0.25, 0.3) is 5.91 Å². The van der Waals surface area contributed by atoms with E-state index in [1.54, 1.807) is 4.90 Å². The fraction of sp³-hybridized carbons (Fsp3) is 0.731. The lowest BCUT2D eigenvalue weighted by Crippen LogP contribution is -2.43. The molecule has 5 atom stereocenters. The van der Waals surface area contributed by atoms with Crippen LogP contribution in [0.4, 0.5) is 10.6 Å². The molecule has 1 saturated carbocycles. The van der Waals surface area contributed by atoms with E-state index < -0.39 is 30.4 Å². The van der Waals surface area contributed by atoms with Crippen molar-refractivity contribution in [3.05, 3.63) is 12.2 Å². The van der Waals surface area contributed by atoms with Gasteiger partial charge in [0.1, 0.15) is 29.7 Å². The van der Waals surface area contributed by atoms with Crippen LogP contribution in [0.3, 0.4) is 0 Å². The number of aryl methyl sites for hydroxylation is 1. The molecule has 4 aliphatic rings. The van der Waals surface area contributed by atoms with E-state index in [1.807, 2.05) is 0 Å². The van der Waals surface area contributed by atoms with Crippen LogP contribution < -0.4 is 11.1 Å². The summed E-state index contributed by atoms with van der Waals surface area (Å²) in [6.45, 7) is 2.49. The van der Waals surface area contributed by atoms with E-state index in [0.29, 0.717) is 55.6 Å². The number of anilines is 1. The molecule has 40 heavy (non-hydrogen) atoms. The van der Waals surface area contributed by atoms with Crippen molar-refractivity contribution in [3.8, 4) is 0 Å². The van der Waals surface area contributed by atoms with Gasteiger partial charge in [0, 0.05) is 32.0 Å². The second-order valence-electron chi connectivity index (χ2n) is 11.3. The van der Waals surface area contributed by atoms with Crippen LogP contribution >= 0.6 is 0 Å². The SMILES string of the molecule is Nc1nc(CCCC2CCN(C(=O)OC3CCOC3)CC2)nc2c1ncn2[C@@H]1O[C@H](C(=O)NC2CC2)C(O)[C@@H]1O. The maximum Gasteiger partial charge on any atom is 0.410 e. The predicted octanol–water partition coefficient (Wildman–Crippen LogP) is 0.267. The number of amides is 2. The molecule has 5 N–H and O–H groups in total. The lowest BCUT2D eigenvalue weighted by Gasteiger charge is -2.32. The number of aliphatic hydroxyl groups is 2. The highest BCUT2D eigenvalue weighted by Crippen LogP contribution is 2.33. The number of hydrogen-bond acceptors (Lipinski definition) is 11. The van der Waals surface area contributed by atoms with Gasteiger partial charge in [-0.15, -0.1) is 0 Å². The Morgan fingerprint density at radius 1 is 1.12 bits per heavy atom. The molecular weight excluding hydrogens is 522 g/mol. The molecule has 3 aliphatic heterocycles. The van der Waals surface area contributed by atoms with Crippen LogP contribution in [0.2, 0.25) is 0 Å². The summed E-state index contributed by atoms with van der Waals surface area (Å²) < 4.78 is 18.1. The number of aliphatic hydroxyl groups excluding tert-OH is 2. The molecule has 2 unspecified atom stereocenters. The zero-order valence-corrected chi connectivity index (χ0v) is 22.4. The molecule has 14 heteroatoms. The third kappa shape index (κ3) is 5.71. The molecule has 5 heterocycles. The van der Waals surface area contributed by atoms with E-state index in [0.717, 1.165) is 44.9 Å². The highest BCUT2D eigenvalue weighted by atomic mass is 16.6. The number of hydrogen-bond donors (Lipinski definition) is 4. The van der Waals surface area contributed by atoms with Crippen LogP contribution in [0.15, 0.2) is 6.33 Å². The molecule has 2 amide bonds. The minimum Gasteiger partial charge on any atom is -0.444 e. The van der Waals surface area contributed by atoms with Gasteiger partial charge in [0.2, 0.25) is 0 Å². The molecule has 218 valence electrons. The van der Waals surface area contributed by atoms with Crippen LogP contribution in [0.25, 0.3) is 11.2 Å². The lowest BCUT2D eigenvalue weighted by molar-refractivity contribution is -0.137. The van der Waals surface area contributed by atoms with Gasteiger partial charge in [-0.3, -0.25) is 9.36 Å². The van der Waals surface area contributed by atoms with Crippen LogP contribution in [-0.2, 0) is 25.4 Å². The molecule has 14 nitrogen and oxygen atoms in total. The number of ether oxygens (including phenoxy) is 3. The monoisotopic (exact) mass is 559 g/mol. The Morgan fingerprint density at radius 2 is 1.93 bits per heavy atom. The molecule has 1 aliphatic carbocycles. The minimum absolute atomic E-state index is 0.102. The van der Waals surface area contributed by atoms with E-state index >= 15 is 0 Å². The van der Waals surface area contributed by atoms with E-state index in [4.69, 9.17) is 19.9 Å². The van der Waals surface area contributed by atoms with Gasteiger partial charge in [0.15, 0.2) is 23.8 Å². The molecule has 0 spiro atoms. The van der Waals surface area contributed by atoms with Gasteiger partial charge in [-0.2, -0.15) is 0 Å². The fourth-order valence-corrected chi connectivity index (χ4v) is 5.68. The number of nitrogen functional groups attached to an aromatic ring is 1. The number of carbonyl (C=O) groups excluding carboxylic acids is 2. The highest BCUT2D eigenvalue weighted by molar-refractivity contribution is 5.83. The molecule has 2 aromatic heterocycles. The zero-order valence-electron chi connectivity index (χ0n) is 22.4. The van der Waals surface area contributed by atoms with Gasteiger partial charge >= 0.3 is 6.09 Å². The van der Waals surface area contributed by atoms with Crippen molar-refractivity contribution in [1.82, 2.24) is 29.7 Å². The molecule has 0 bridgehead atoms. The summed E-state index contributed by atoms with van der Waals surface area (Å²) in [6, 6.07) is 0.102. The maximum atomic E-state index is 12.5. The molecule has 6 rings (SSSR count). The van der Waals surface area contributed by atoms with Gasteiger partial charge in [-0.1, -0.05) is 0 Å². The van der Waals surface area contributed by atoms with Crippen LogP contribution in [0, 0.1) is 5.92 Å². The summed E-state index contributed by atoms with van der Waals surface area (Å²) in [5, 5.41) is 24.0. The van der Waals surface area contributed by atoms with Gasteiger partial charge in [0.05, 0.1) is 19.5 Å². The van der Waals surface area contributed by atoms with Gasteiger partial charge in [-0.05, 0) is 44.4 Å². The van der Waals surface area contributed by atoms with Crippen molar-refractivity contribution < 1.29 is 34.0 Å². The van der Waals surface area contributed by atoms with Crippen molar-refractivity contribution in [2.45, 2.75) is 88.1 Å². The summed E-state index contributed by atoms with van der Waals surface area (Å²) in [5.41, 5.74) is 6.92. The van der Waals surface area contributed by atoms with Gasteiger partial charge < -0.3 is 40.4 Å². The van der Waals surface area contributed by atoms with E-state index in [-0.39, 0.29) is 24.1 Å². The Kier molecular flexibility index (Phi) is 7.75. The first-order valence-corrected chi connectivity index (χ1v) is 14.2. The van der Waals surface area contributed by atoms with Crippen molar-refractivity contribution in [2.75, 3.05) is 32.0 Å². The largest absolute Gasteiger partial charge is 0.444 e. The first-order valence-electron chi connectivity index (χ1n) is 14.2. The number of aromatic nitrogens is 4. The maximum absolute atomic E-state index is 12.5. The predicted molar refractivity (Wildman–Crippen MR) is 140 cm³/mol. The minimum atomic E-state index is -1.38. The highest BCUT2D eigenvalue weighted by Gasteiger charge is 2.48. The zero-order chi connectivity index (χ0) is 27.8. The van der Waals surface area contributed by atoms with E-state index in [2.05, 4.69) is 20.3 Å². The first kappa shape index (κ1) is 27.1. The molecular formula is C26H37N7O7. The van der Waals surface area contributed by atoms with E-state index in [9.17, 15) is 19.8 Å². The Morgan fingerprint density at radius 3 is 2.65 bits per heavy atom. The molecule has 2 aromatic rings. The molecule has 4 fully saturated rings. The molecule has 3 saturated heterocycles. The average molecular weight is 560 g/mol. The number of imidazole rings is 1. The van der Waals surface area contributed by atoms with Crippen LogP contribution in [0.5, 0.6) is 0 Å². The number of nitrogens with zero attached hydrogens (tertiary/aromatic N) is 5. The Labute approximate surface area is 231 Å². The van der Waals surface area contributed by atoms with Crippen molar-refractivity contribution in [1.29, 1.82) is 0 Å². The fourth-order valence-electron chi connectivity index (χ4n) is 5.68. The summed E-state index contributed by atoms with van der Waals surface area (Å²) >= 11 is 0.